The van der Waals surface area contributed by atoms with Crippen molar-refractivity contribution in [2.24, 2.45) is 0 Å². The lowest BCUT2D eigenvalue weighted by atomic mass is 9.89. The maximum atomic E-state index is 13.9. The van der Waals surface area contributed by atoms with E-state index in [0.717, 1.165) is 35.8 Å². The van der Waals surface area contributed by atoms with Crippen molar-refractivity contribution >= 4 is 42.6 Å². The number of anilines is 1. The highest BCUT2D eigenvalue weighted by Gasteiger charge is 2.62. The molecule has 2 amide bonds. The smallest absolute Gasteiger partial charge is 0.380 e. The molecule has 2 fully saturated rings. The standard InChI is InChI=1S/C26H30ClF3N4O3.H2S/c1-32(2)23(35)21-9-8-18(14-22(21)27)31-19-15-34(16-19)20-10-12-33(13-11-20)24(36)25(37,26(28,29)30)17-6-4-3-5-7-17;/h3-9,14,19-20,31,37H,10-13,15-16H2,1-2H3;1H2/t25-;/m0./s1. The fourth-order valence-corrected chi connectivity index (χ4v) is 5.17. The van der Waals surface area contributed by atoms with Crippen molar-refractivity contribution in [3.63, 3.8) is 0 Å². The van der Waals surface area contributed by atoms with Crippen molar-refractivity contribution in [3.05, 3.63) is 64.7 Å². The molecular weight excluding hydrogens is 541 g/mol. The summed E-state index contributed by atoms with van der Waals surface area (Å²) in [4.78, 5) is 29.9. The molecule has 2 N–H and O–H groups in total. The van der Waals surface area contributed by atoms with E-state index in [-0.39, 0.29) is 44.6 Å². The summed E-state index contributed by atoms with van der Waals surface area (Å²) in [7, 11) is 3.32. The highest BCUT2D eigenvalue weighted by atomic mass is 35.5. The van der Waals surface area contributed by atoms with Gasteiger partial charge < -0.3 is 20.2 Å². The molecule has 4 rings (SSSR count). The predicted molar refractivity (Wildman–Crippen MR) is 145 cm³/mol. The second-order valence-electron chi connectivity index (χ2n) is 9.79. The van der Waals surface area contributed by atoms with Crippen LogP contribution in [-0.4, -0.2) is 90.2 Å². The van der Waals surface area contributed by atoms with Crippen LogP contribution in [0.15, 0.2) is 48.5 Å². The molecule has 0 radical (unpaired) electrons. The normalized spacial score (nSPS) is 18.7. The van der Waals surface area contributed by atoms with E-state index < -0.39 is 23.2 Å². The van der Waals surface area contributed by atoms with Crippen LogP contribution in [0.1, 0.15) is 28.8 Å². The topological polar surface area (TPSA) is 76.1 Å². The predicted octanol–water partition coefficient (Wildman–Crippen LogP) is 3.69. The zero-order valence-electron chi connectivity index (χ0n) is 21.1. The Morgan fingerprint density at radius 3 is 2.18 bits per heavy atom. The van der Waals surface area contributed by atoms with Gasteiger partial charge in [-0.05, 0) is 31.0 Å². The Hall–Kier alpha value is -2.47. The zero-order valence-corrected chi connectivity index (χ0v) is 22.9. The first-order chi connectivity index (χ1) is 17.4. The first-order valence-electron chi connectivity index (χ1n) is 12.1. The van der Waals surface area contributed by atoms with E-state index in [2.05, 4.69) is 10.2 Å². The summed E-state index contributed by atoms with van der Waals surface area (Å²) in [6.45, 7) is 1.76. The lowest BCUT2D eigenvalue weighted by molar-refractivity contribution is -0.262. The summed E-state index contributed by atoms with van der Waals surface area (Å²) in [5.74, 6) is -1.51. The van der Waals surface area contributed by atoms with Crippen LogP contribution in [-0.2, 0) is 10.4 Å². The fourth-order valence-electron chi connectivity index (χ4n) is 4.91. The molecule has 0 saturated carbocycles. The average molecular weight is 573 g/mol. The Bertz CT molecular complexity index is 1140. The first-order valence-corrected chi connectivity index (χ1v) is 12.5. The quantitative estimate of drug-likeness (QED) is 0.552. The van der Waals surface area contributed by atoms with Crippen molar-refractivity contribution in [1.82, 2.24) is 14.7 Å². The molecule has 2 aromatic rings. The lowest BCUT2D eigenvalue weighted by Crippen LogP contribution is -2.62. The number of piperidine rings is 1. The number of amides is 2. The number of likely N-dealkylation sites (tertiary alicyclic amines) is 2. The van der Waals surface area contributed by atoms with Gasteiger partial charge in [0.25, 0.3) is 17.4 Å². The highest BCUT2D eigenvalue weighted by molar-refractivity contribution is 7.59. The van der Waals surface area contributed by atoms with Gasteiger partial charge in [0, 0.05) is 57.6 Å². The maximum absolute atomic E-state index is 13.9. The summed E-state index contributed by atoms with van der Waals surface area (Å²) in [5, 5.41) is 14.3. The van der Waals surface area contributed by atoms with Gasteiger partial charge in [0.05, 0.1) is 16.6 Å². The van der Waals surface area contributed by atoms with E-state index in [4.69, 9.17) is 11.6 Å². The summed E-state index contributed by atoms with van der Waals surface area (Å²) >= 11 is 6.28. The number of alkyl halides is 3. The van der Waals surface area contributed by atoms with E-state index in [1.54, 1.807) is 26.2 Å². The third kappa shape index (κ3) is 5.90. The van der Waals surface area contributed by atoms with Crippen LogP contribution in [0.4, 0.5) is 18.9 Å². The fraction of sp³-hybridized carbons (Fsp3) is 0.462. The Kier molecular flexibility index (Phi) is 9.28. The van der Waals surface area contributed by atoms with Crippen LogP contribution in [0, 0.1) is 0 Å². The number of aliphatic hydroxyl groups is 1. The monoisotopic (exact) mass is 572 g/mol. The molecule has 208 valence electrons. The van der Waals surface area contributed by atoms with Gasteiger partial charge in [0.15, 0.2) is 0 Å². The van der Waals surface area contributed by atoms with Gasteiger partial charge in [0.2, 0.25) is 0 Å². The third-order valence-electron chi connectivity index (χ3n) is 7.07. The molecule has 0 unspecified atom stereocenters. The van der Waals surface area contributed by atoms with E-state index in [1.807, 2.05) is 6.07 Å². The van der Waals surface area contributed by atoms with Crippen molar-refractivity contribution in [2.75, 3.05) is 45.6 Å². The Morgan fingerprint density at radius 2 is 1.66 bits per heavy atom. The van der Waals surface area contributed by atoms with Crippen molar-refractivity contribution in [1.29, 1.82) is 0 Å². The zero-order chi connectivity index (χ0) is 27.0. The summed E-state index contributed by atoms with van der Waals surface area (Å²) in [6.07, 6.45) is -4.10. The molecule has 0 aromatic heterocycles. The molecule has 2 heterocycles. The Balaban J connectivity index is 0.00000400. The SMILES string of the molecule is CN(C)C(=O)c1ccc(NC2CN(C3CCN(C(=O)[C@@](O)(c4ccccc4)C(F)(F)F)CC3)C2)cc1Cl.S. The molecule has 12 heteroatoms. The summed E-state index contributed by atoms with van der Waals surface area (Å²) in [5.41, 5.74) is -2.82. The highest BCUT2D eigenvalue weighted by Crippen LogP contribution is 2.41. The average Bonchev–Trinajstić information content (AvgIpc) is 2.84. The van der Waals surface area contributed by atoms with Crippen molar-refractivity contribution in [2.45, 2.75) is 36.7 Å². The van der Waals surface area contributed by atoms with E-state index in [1.165, 1.54) is 23.1 Å². The number of carbonyl (C=O) groups excluding carboxylic acids is 2. The molecule has 7 nitrogen and oxygen atoms in total. The molecule has 0 aliphatic carbocycles. The number of benzene rings is 2. The van der Waals surface area contributed by atoms with Gasteiger partial charge in [-0.1, -0.05) is 41.9 Å². The molecule has 0 spiro atoms. The second-order valence-corrected chi connectivity index (χ2v) is 10.2. The first kappa shape index (κ1) is 30.1. The van der Waals surface area contributed by atoms with Crippen LogP contribution in [0.2, 0.25) is 5.02 Å². The number of hydrogen-bond donors (Lipinski definition) is 2. The van der Waals surface area contributed by atoms with Crippen LogP contribution in [0.5, 0.6) is 0 Å². The van der Waals surface area contributed by atoms with Gasteiger partial charge in [-0.25, -0.2) is 0 Å². The minimum Gasteiger partial charge on any atom is -0.380 e. The summed E-state index contributed by atoms with van der Waals surface area (Å²) < 4.78 is 41.6. The Labute approximate surface area is 232 Å². The van der Waals surface area contributed by atoms with Gasteiger partial charge in [-0.3, -0.25) is 14.5 Å². The summed E-state index contributed by atoms with van der Waals surface area (Å²) in [6, 6.07) is 12.0. The molecule has 2 saturated heterocycles. The Morgan fingerprint density at radius 1 is 1.05 bits per heavy atom. The largest absolute Gasteiger partial charge is 0.430 e. The molecule has 2 aliphatic heterocycles. The maximum Gasteiger partial charge on any atom is 0.430 e. The van der Waals surface area contributed by atoms with Gasteiger partial charge in [0.1, 0.15) is 0 Å². The van der Waals surface area contributed by atoms with Gasteiger partial charge in [-0.15, -0.1) is 0 Å². The van der Waals surface area contributed by atoms with Gasteiger partial charge in [-0.2, -0.15) is 26.7 Å². The number of nitrogens with one attached hydrogen (secondary N) is 1. The van der Waals surface area contributed by atoms with Crippen molar-refractivity contribution in [3.8, 4) is 0 Å². The third-order valence-corrected chi connectivity index (χ3v) is 7.38. The van der Waals surface area contributed by atoms with E-state index in [9.17, 15) is 27.9 Å². The molecule has 38 heavy (non-hydrogen) atoms. The van der Waals surface area contributed by atoms with E-state index >= 15 is 0 Å². The van der Waals surface area contributed by atoms with Crippen LogP contribution in [0.25, 0.3) is 0 Å². The number of carbonyl (C=O) groups is 2. The number of hydrogen-bond acceptors (Lipinski definition) is 5. The molecule has 1 atom stereocenters. The molecule has 0 bridgehead atoms. The van der Waals surface area contributed by atoms with Crippen LogP contribution in [0.3, 0.4) is 0 Å². The van der Waals surface area contributed by atoms with Gasteiger partial charge >= 0.3 is 6.18 Å². The second kappa shape index (κ2) is 11.7. The molecule has 2 aromatic carbocycles. The number of nitrogens with zero attached hydrogens (tertiary/aromatic N) is 3. The van der Waals surface area contributed by atoms with E-state index in [0.29, 0.717) is 23.4 Å². The number of halogens is 4. The molecule has 2 aliphatic rings. The number of rotatable bonds is 6. The molecular formula is C26H32ClF3N4O3S. The minimum absolute atomic E-state index is 0. The lowest BCUT2D eigenvalue weighted by Gasteiger charge is -2.48. The minimum atomic E-state index is -5.14. The van der Waals surface area contributed by atoms with Crippen LogP contribution < -0.4 is 5.32 Å². The van der Waals surface area contributed by atoms with Crippen LogP contribution >= 0.6 is 25.1 Å². The van der Waals surface area contributed by atoms with Crippen molar-refractivity contribution < 1.29 is 27.9 Å².